The topological polar surface area (TPSA) is 55.6 Å². The molecule has 1 fully saturated rings. The van der Waals surface area contributed by atoms with Crippen LogP contribution in [-0.2, 0) is 4.74 Å². The van der Waals surface area contributed by atoms with Crippen molar-refractivity contribution in [2.45, 2.75) is 33.1 Å². The highest BCUT2D eigenvalue weighted by Crippen LogP contribution is 2.34. The van der Waals surface area contributed by atoms with Crippen molar-refractivity contribution in [2.75, 3.05) is 30.3 Å². The molecule has 1 aromatic carbocycles. The first-order chi connectivity index (χ1) is 9.67. The second kappa shape index (κ2) is 6.64. The Morgan fingerprint density at radius 3 is 2.75 bits per heavy atom. The normalized spacial score (nSPS) is 14.1. The van der Waals surface area contributed by atoms with Crippen LogP contribution in [0.2, 0.25) is 0 Å². The molecule has 0 bridgehead atoms. The van der Waals surface area contributed by atoms with Crippen molar-refractivity contribution in [1.29, 1.82) is 0 Å². The molecule has 20 heavy (non-hydrogen) atoms. The summed E-state index contributed by atoms with van der Waals surface area (Å²) >= 11 is 0. The predicted molar refractivity (Wildman–Crippen MR) is 82.0 cm³/mol. The van der Waals surface area contributed by atoms with Crippen LogP contribution in [0.3, 0.4) is 0 Å². The van der Waals surface area contributed by atoms with Crippen molar-refractivity contribution in [3.8, 4) is 0 Å². The van der Waals surface area contributed by atoms with E-state index in [-0.39, 0.29) is 5.97 Å². The number of esters is 1. The van der Waals surface area contributed by atoms with Gasteiger partial charge in [-0.1, -0.05) is 13.0 Å². The zero-order chi connectivity index (χ0) is 14.5. The quantitative estimate of drug-likeness (QED) is 0.614. The van der Waals surface area contributed by atoms with Crippen LogP contribution in [0.4, 0.5) is 11.4 Å². The standard InChI is InChI=1S/C16H24N2O2/c1-3-10-18(11-12-8-9-12)14-7-5-6-13(15(14)17)16(19)20-4-2/h5-7,12H,3-4,8-11,17H2,1-2H3. The molecule has 0 atom stereocenters. The van der Waals surface area contributed by atoms with Crippen LogP contribution >= 0.6 is 0 Å². The summed E-state index contributed by atoms with van der Waals surface area (Å²) in [6, 6.07) is 5.61. The number of nitrogen functional groups attached to an aromatic ring is 1. The first-order valence-corrected chi connectivity index (χ1v) is 7.47. The maximum absolute atomic E-state index is 11.9. The number of carbonyl (C=O) groups is 1. The van der Waals surface area contributed by atoms with E-state index in [1.165, 1.54) is 12.8 Å². The summed E-state index contributed by atoms with van der Waals surface area (Å²) < 4.78 is 5.06. The number of anilines is 2. The fourth-order valence-electron chi connectivity index (χ4n) is 2.41. The molecule has 0 saturated heterocycles. The van der Waals surface area contributed by atoms with Gasteiger partial charge in [0.05, 0.1) is 23.5 Å². The second-order valence-electron chi connectivity index (χ2n) is 5.35. The Labute approximate surface area is 120 Å². The van der Waals surface area contributed by atoms with Gasteiger partial charge in [0.2, 0.25) is 0 Å². The van der Waals surface area contributed by atoms with E-state index in [0.29, 0.717) is 17.9 Å². The third-order valence-corrected chi connectivity index (χ3v) is 3.59. The van der Waals surface area contributed by atoms with Crippen LogP contribution in [0.25, 0.3) is 0 Å². The van der Waals surface area contributed by atoms with Gasteiger partial charge < -0.3 is 15.4 Å². The van der Waals surface area contributed by atoms with Crippen LogP contribution < -0.4 is 10.6 Å². The monoisotopic (exact) mass is 276 g/mol. The van der Waals surface area contributed by atoms with Gasteiger partial charge in [-0.15, -0.1) is 0 Å². The predicted octanol–water partition coefficient (Wildman–Crippen LogP) is 3.07. The molecule has 0 aliphatic heterocycles. The molecule has 4 nitrogen and oxygen atoms in total. The highest BCUT2D eigenvalue weighted by molar-refractivity contribution is 5.98. The van der Waals surface area contributed by atoms with Crippen molar-refractivity contribution < 1.29 is 9.53 Å². The van der Waals surface area contributed by atoms with Crippen molar-refractivity contribution in [3.05, 3.63) is 23.8 Å². The van der Waals surface area contributed by atoms with E-state index in [9.17, 15) is 4.79 Å². The molecule has 1 aliphatic rings. The molecule has 2 N–H and O–H groups in total. The minimum absolute atomic E-state index is 0.338. The van der Waals surface area contributed by atoms with Crippen LogP contribution in [0.15, 0.2) is 18.2 Å². The maximum Gasteiger partial charge on any atom is 0.340 e. The highest BCUT2D eigenvalue weighted by atomic mass is 16.5. The molecule has 0 amide bonds. The molecule has 2 rings (SSSR count). The minimum atomic E-state index is -0.338. The molecule has 1 aromatic rings. The molecule has 4 heteroatoms. The fourth-order valence-corrected chi connectivity index (χ4v) is 2.41. The van der Waals surface area contributed by atoms with Crippen LogP contribution in [0.1, 0.15) is 43.5 Å². The lowest BCUT2D eigenvalue weighted by Gasteiger charge is -2.26. The molecule has 0 spiro atoms. The van der Waals surface area contributed by atoms with E-state index in [0.717, 1.165) is 31.1 Å². The number of rotatable bonds is 7. The van der Waals surface area contributed by atoms with Crippen molar-refractivity contribution >= 4 is 17.3 Å². The number of ether oxygens (including phenoxy) is 1. The van der Waals surface area contributed by atoms with E-state index in [2.05, 4.69) is 11.8 Å². The van der Waals surface area contributed by atoms with Gasteiger partial charge >= 0.3 is 5.97 Å². The Balaban J connectivity index is 2.24. The number of hydrogen-bond acceptors (Lipinski definition) is 4. The van der Waals surface area contributed by atoms with Crippen molar-refractivity contribution in [3.63, 3.8) is 0 Å². The van der Waals surface area contributed by atoms with E-state index >= 15 is 0 Å². The smallest absolute Gasteiger partial charge is 0.340 e. The zero-order valence-electron chi connectivity index (χ0n) is 12.4. The van der Waals surface area contributed by atoms with Gasteiger partial charge in [-0.3, -0.25) is 0 Å². The van der Waals surface area contributed by atoms with Gasteiger partial charge in [-0.25, -0.2) is 4.79 Å². The van der Waals surface area contributed by atoms with E-state index in [1.54, 1.807) is 13.0 Å². The highest BCUT2D eigenvalue weighted by Gasteiger charge is 2.25. The molecular weight excluding hydrogens is 252 g/mol. The summed E-state index contributed by atoms with van der Waals surface area (Å²) in [6.45, 7) is 6.32. The third-order valence-electron chi connectivity index (χ3n) is 3.59. The lowest BCUT2D eigenvalue weighted by molar-refractivity contribution is 0.0527. The molecular formula is C16H24N2O2. The largest absolute Gasteiger partial charge is 0.462 e. The van der Waals surface area contributed by atoms with E-state index in [4.69, 9.17) is 10.5 Å². The first-order valence-electron chi connectivity index (χ1n) is 7.47. The summed E-state index contributed by atoms with van der Waals surface area (Å²) in [4.78, 5) is 14.2. The van der Waals surface area contributed by atoms with Crippen molar-refractivity contribution in [1.82, 2.24) is 0 Å². The average Bonchev–Trinajstić information content (AvgIpc) is 3.23. The first kappa shape index (κ1) is 14.7. The Morgan fingerprint density at radius 1 is 1.40 bits per heavy atom. The number of nitrogens with two attached hydrogens (primary N) is 1. The Morgan fingerprint density at radius 2 is 2.15 bits per heavy atom. The Hall–Kier alpha value is -1.71. The average molecular weight is 276 g/mol. The molecule has 0 heterocycles. The van der Waals surface area contributed by atoms with Gasteiger partial charge in [0.25, 0.3) is 0 Å². The Bertz CT molecular complexity index is 470. The number of carbonyl (C=O) groups excluding carboxylic acids is 1. The number of nitrogens with zero attached hydrogens (tertiary/aromatic N) is 1. The van der Waals surface area contributed by atoms with Gasteiger partial charge in [0.15, 0.2) is 0 Å². The lowest BCUT2D eigenvalue weighted by atomic mass is 10.1. The molecule has 0 aromatic heterocycles. The molecule has 0 unspecified atom stereocenters. The lowest BCUT2D eigenvalue weighted by Crippen LogP contribution is -2.28. The number of benzene rings is 1. The summed E-state index contributed by atoms with van der Waals surface area (Å²) in [5, 5.41) is 0. The van der Waals surface area contributed by atoms with Gasteiger partial charge in [-0.05, 0) is 44.2 Å². The summed E-state index contributed by atoms with van der Waals surface area (Å²) in [5.74, 6) is 0.446. The van der Waals surface area contributed by atoms with Gasteiger partial charge in [0.1, 0.15) is 0 Å². The molecule has 1 saturated carbocycles. The number of hydrogen-bond donors (Lipinski definition) is 1. The van der Waals surface area contributed by atoms with Crippen LogP contribution in [0, 0.1) is 5.92 Å². The maximum atomic E-state index is 11.9. The Kier molecular flexibility index (Phi) is 4.88. The number of para-hydroxylation sites is 1. The summed E-state index contributed by atoms with van der Waals surface area (Å²) in [7, 11) is 0. The van der Waals surface area contributed by atoms with Crippen molar-refractivity contribution in [2.24, 2.45) is 5.92 Å². The van der Waals surface area contributed by atoms with Gasteiger partial charge in [-0.2, -0.15) is 0 Å². The SMILES string of the molecule is CCCN(CC1CC1)c1cccc(C(=O)OCC)c1N. The van der Waals surface area contributed by atoms with E-state index < -0.39 is 0 Å². The summed E-state index contributed by atoms with van der Waals surface area (Å²) in [6.07, 6.45) is 3.67. The molecule has 110 valence electrons. The second-order valence-corrected chi connectivity index (χ2v) is 5.35. The molecule has 1 aliphatic carbocycles. The van der Waals surface area contributed by atoms with Crippen LogP contribution in [0.5, 0.6) is 0 Å². The van der Waals surface area contributed by atoms with Gasteiger partial charge in [0, 0.05) is 13.1 Å². The zero-order valence-corrected chi connectivity index (χ0v) is 12.4. The molecule has 0 radical (unpaired) electrons. The van der Waals surface area contributed by atoms with E-state index in [1.807, 2.05) is 12.1 Å². The van der Waals surface area contributed by atoms with Crippen LogP contribution in [-0.4, -0.2) is 25.7 Å². The summed E-state index contributed by atoms with van der Waals surface area (Å²) in [5.41, 5.74) is 8.18. The fraction of sp³-hybridized carbons (Fsp3) is 0.562. The minimum Gasteiger partial charge on any atom is -0.462 e. The third kappa shape index (κ3) is 3.44.